The number of hydrogen-bond donors (Lipinski definition) is 1. The molecular formula is C12H16N2O2. The molecule has 86 valence electrons. The summed E-state index contributed by atoms with van der Waals surface area (Å²) in [6.45, 7) is 1.82. The lowest BCUT2D eigenvalue weighted by Gasteiger charge is -2.19. The Morgan fingerprint density at radius 2 is 2.38 bits per heavy atom. The Morgan fingerprint density at radius 1 is 1.50 bits per heavy atom. The van der Waals surface area contributed by atoms with Crippen molar-refractivity contribution in [3.63, 3.8) is 0 Å². The Bertz CT molecular complexity index is 413. The van der Waals surface area contributed by atoms with E-state index in [2.05, 4.69) is 10.5 Å². The van der Waals surface area contributed by atoms with E-state index in [1.807, 2.05) is 6.92 Å². The molecule has 1 aromatic heterocycles. The van der Waals surface area contributed by atoms with Crippen LogP contribution >= 0.6 is 0 Å². The van der Waals surface area contributed by atoms with Crippen molar-refractivity contribution in [3.05, 3.63) is 11.8 Å². The van der Waals surface area contributed by atoms with Crippen LogP contribution in [-0.4, -0.2) is 11.1 Å². The van der Waals surface area contributed by atoms with Gasteiger partial charge in [0, 0.05) is 12.0 Å². The molecule has 4 nitrogen and oxygen atoms in total. The van der Waals surface area contributed by atoms with E-state index in [1.54, 1.807) is 6.07 Å². The summed E-state index contributed by atoms with van der Waals surface area (Å²) in [5, 5.41) is 6.63. The molecule has 0 aromatic carbocycles. The van der Waals surface area contributed by atoms with E-state index in [1.165, 1.54) is 19.3 Å². The first-order valence-electron chi connectivity index (χ1n) is 5.96. The third-order valence-electron chi connectivity index (χ3n) is 3.95. The number of aryl methyl sites for hydroxylation is 1. The Hall–Kier alpha value is -1.32. The monoisotopic (exact) mass is 220 g/mol. The molecule has 2 fully saturated rings. The van der Waals surface area contributed by atoms with Gasteiger partial charge in [0.25, 0.3) is 0 Å². The number of hydrogen-bond acceptors (Lipinski definition) is 3. The largest absolute Gasteiger partial charge is 0.360 e. The molecule has 1 aromatic rings. The molecule has 1 N–H and O–H groups in total. The zero-order chi connectivity index (χ0) is 11.1. The summed E-state index contributed by atoms with van der Waals surface area (Å²) in [5.74, 6) is 3.00. The molecule has 16 heavy (non-hydrogen) atoms. The number of carbonyl (C=O) groups excluding carboxylic acids is 1. The van der Waals surface area contributed by atoms with Crippen LogP contribution in [-0.2, 0) is 4.79 Å². The van der Waals surface area contributed by atoms with Crippen LogP contribution in [0.3, 0.4) is 0 Å². The van der Waals surface area contributed by atoms with Gasteiger partial charge in [-0.05, 0) is 38.0 Å². The minimum Gasteiger partial charge on any atom is -0.360 e. The van der Waals surface area contributed by atoms with Crippen LogP contribution in [0.2, 0.25) is 0 Å². The third kappa shape index (κ3) is 1.62. The molecule has 3 rings (SSSR count). The fourth-order valence-electron chi connectivity index (χ4n) is 3.21. The van der Waals surface area contributed by atoms with Crippen molar-refractivity contribution in [1.82, 2.24) is 5.16 Å². The van der Waals surface area contributed by atoms with Crippen molar-refractivity contribution < 1.29 is 9.32 Å². The highest BCUT2D eigenvalue weighted by molar-refractivity contribution is 5.92. The van der Waals surface area contributed by atoms with Crippen LogP contribution < -0.4 is 5.32 Å². The number of fused-ring (bicyclic) bond motifs is 2. The number of amides is 1. The maximum atomic E-state index is 12.0. The van der Waals surface area contributed by atoms with Gasteiger partial charge in [-0.25, -0.2) is 0 Å². The molecule has 2 bridgehead atoms. The molecule has 1 amide bonds. The normalized spacial score (nSPS) is 31.9. The maximum Gasteiger partial charge on any atom is 0.229 e. The van der Waals surface area contributed by atoms with Crippen molar-refractivity contribution in [2.75, 3.05) is 5.32 Å². The Kier molecular flexibility index (Phi) is 2.23. The van der Waals surface area contributed by atoms with E-state index in [-0.39, 0.29) is 11.8 Å². The van der Waals surface area contributed by atoms with Gasteiger partial charge in [-0.3, -0.25) is 4.79 Å². The average Bonchev–Trinajstić information content (AvgIpc) is 2.93. The molecule has 2 saturated carbocycles. The van der Waals surface area contributed by atoms with E-state index in [0.717, 1.165) is 18.1 Å². The topological polar surface area (TPSA) is 55.1 Å². The van der Waals surface area contributed by atoms with Crippen molar-refractivity contribution in [2.24, 2.45) is 17.8 Å². The smallest absolute Gasteiger partial charge is 0.229 e. The molecule has 4 heteroatoms. The minimum atomic E-state index is 0.125. The quantitative estimate of drug-likeness (QED) is 0.832. The molecule has 2 aliphatic rings. The second-order valence-electron chi connectivity index (χ2n) is 5.09. The van der Waals surface area contributed by atoms with Crippen molar-refractivity contribution in [3.8, 4) is 0 Å². The average molecular weight is 220 g/mol. The van der Waals surface area contributed by atoms with Crippen LogP contribution in [0.5, 0.6) is 0 Å². The predicted molar refractivity (Wildman–Crippen MR) is 58.8 cm³/mol. The van der Waals surface area contributed by atoms with E-state index in [0.29, 0.717) is 11.7 Å². The lowest BCUT2D eigenvalue weighted by Crippen LogP contribution is -2.27. The zero-order valence-corrected chi connectivity index (χ0v) is 9.40. The van der Waals surface area contributed by atoms with Crippen molar-refractivity contribution in [2.45, 2.75) is 32.6 Å². The second kappa shape index (κ2) is 3.61. The fraction of sp³-hybridized carbons (Fsp3) is 0.667. The molecule has 0 saturated heterocycles. The molecule has 0 radical (unpaired) electrons. The highest BCUT2D eigenvalue weighted by atomic mass is 16.5. The van der Waals surface area contributed by atoms with Gasteiger partial charge in [0.15, 0.2) is 5.82 Å². The summed E-state index contributed by atoms with van der Waals surface area (Å²) in [4.78, 5) is 12.0. The molecule has 0 aliphatic heterocycles. The van der Waals surface area contributed by atoms with Gasteiger partial charge in [0.2, 0.25) is 5.91 Å². The maximum absolute atomic E-state index is 12.0. The lowest BCUT2D eigenvalue weighted by atomic mass is 9.88. The zero-order valence-electron chi connectivity index (χ0n) is 9.40. The lowest BCUT2D eigenvalue weighted by molar-refractivity contribution is -0.121. The highest BCUT2D eigenvalue weighted by Crippen LogP contribution is 2.48. The Labute approximate surface area is 94.4 Å². The Morgan fingerprint density at radius 3 is 2.94 bits per heavy atom. The van der Waals surface area contributed by atoms with Gasteiger partial charge in [-0.1, -0.05) is 11.6 Å². The Balaban J connectivity index is 1.65. The fourth-order valence-corrected chi connectivity index (χ4v) is 3.21. The molecule has 0 spiro atoms. The molecule has 2 aliphatic carbocycles. The van der Waals surface area contributed by atoms with Crippen LogP contribution in [0.15, 0.2) is 10.6 Å². The van der Waals surface area contributed by atoms with Gasteiger partial charge in [0.05, 0.1) is 0 Å². The minimum absolute atomic E-state index is 0.125. The number of rotatable bonds is 2. The summed E-state index contributed by atoms with van der Waals surface area (Å²) >= 11 is 0. The van der Waals surface area contributed by atoms with Gasteiger partial charge in [-0.2, -0.15) is 0 Å². The number of carbonyl (C=O) groups is 1. The van der Waals surface area contributed by atoms with E-state index >= 15 is 0 Å². The summed E-state index contributed by atoms with van der Waals surface area (Å²) < 4.78 is 4.93. The second-order valence-corrected chi connectivity index (χ2v) is 5.09. The summed E-state index contributed by atoms with van der Waals surface area (Å²) in [6, 6.07) is 1.76. The number of aromatic nitrogens is 1. The van der Waals surface area contributed by atoms with E-state index in [4.69, 9.17) is 4.52 Å². The first kappa shape index (κ1) is 9.87. The van der Waals surface area contributed by atoms with Crippen LogP contribution in [0, 0.1) is 24.7 Å². The van der Waals surface area contributed by atoms with Gasteiger partial charge in [-0.15, -0.1) is 0 Å². The molecule has 0 unspecified atom stereocenters. The van der Waals surface area contributed by atoms with Crippen LogP contribution in [0.1, 0.15) is 31.4 Å². The van der Waals surface area contributed by atoms with Crippen LogP contribution in [0.25, 0.3) is 0 Å². The molecule has 1 heterocycles. The van der Waals surface area contributed by atoms with E-state index < -0.39 is 0 Å². The third-order valence-corrected chi connectivity index (χ3v) is 3.95. The van der Waals surface area contributed by atoms with Gasteiger partial charge < -0.3 is 9.84 Å². The first-order valence-corrected chi connectivity index (χ1v) is 5.96. The van der Waals surface area contributed by atoms with Gasteiger partial charge in [0.1, 0.15) is 5.76 Å². The summed E-state index contributed by atoms with van der Waals surface area (Å²) in [5.41, 5.74) is 0. The standard InChI is InChI=1S/C12H16N2O2/c1-7-4-11(14-16-7)13-12(15)10-6-8-2-3-9(10)5-8/h4,8-10H,2-3,5-6H2,1H3,(H,13,14,15)/t8-,9-,10-/m0/s1. The van der Waals surface area contributed by atoms with E-state index in [9.17, 15) is 4.79 Å². The van der Waals surface area contributed by atoms with Crippen LogP contribution in [0.4, 0.5) is 5.82 Å². The summed E-state index contributed by atoms with van der Waals surface area (Å²) in [6.07, 6.45) is 4.85. The number of nitrogens with one attached hydrogen (secondary N) is 1. The van der Waals surface area contributed by atoms with Crippen molar-refractivity contribution >= 4 is 11.7 Å². The number of nitrogens with zero attached hydrogens (tertiary/aromatic N) is 1. The summed E-state index contributed by atoms with van der Waals surface area (Å²) in [7, 11) is 0. The van der Waals surface area contributed by atoms with Gasteiger partial charge >= 0.3 is 0 Å². The van der Waals surface area contributed by atoms with Crippen molar-refractivity contribution in [1.29, 1.82) is 0 Å². The number of anilines is 1. The molecule has 3 atom stereocenters. The predicted octanol–water partition coefficient (Wildman–Crippen LogP) is 2.36. The SMILES string of the molecule is Cc1cc(NC(=O)[C@H]2C[C@H]3CC[C@H]2C3)no1. The first-order chi connectivity index (χ1) is 7.72. The highest BCUT2D eigenvalue weighted by Gasteiger charge is 2.43. The molecular weight excluding hydrogens is 204 g/mol.